The second kappa shape index (κ2) is 60.1. The molecule has 12 heteroatoms. The molecule has 0 fully saturated rings. The van der Waals surface area contributed by atoms with Crippen molar-refractivity contribution in [2.24, 2.45) is 5.11 Å². The minimum absolute atomic E-state index is 0.0445. The van der Waals surface area contributed by atoms with Crippen molar-refractivity contribution in [1.82, 2.24) is 0 Å². The van der Waals surface area contributed by atoms with Crippen LogP contribution in [0.25, 0.3) is 10.4 Å². The topological polar surface area (TPSA) is 143 Å². The normalized spacial score (nSPS) is 12.5. The molecule has 0 bridgehead atoms. The van der Waals surface area contributed by atoms with Crippen molar-refractivity contribution in [2.75, 3.05) is 106 Å². The lowest BCUT2D eigenvalue weighted by Crippen LogP contribution is -2.27. The zero-order valence-corrected chi connectivity index (χ0v) is 43.6. The van der Waals surface area contributed by atoms with Crippen LogP contribution >= 0.6 is 0 Å². The standard InChI is InChI=1S/C54H109N3O9/c1-3-5-7-9-11-27-31-35-40-65-53(49-58)50-62-38-33-29-25-23-21-19-17-15-13-14-16-18-20-22-24-26-30-34-39-63-51-54(66-41-36-32-28-12-10-8-6-4-2)52-64-48-47-61-46-45-60-44-43-59-42-37-56-57-55/h53-54,58H,3-52H2,1-2H3. The molecule has 2 unspecified atom stereocenters. The van der Waals surface area contributed by atoms with Crippen molar-refractivity contribution in [3.05, 3.63) is 10.4 Å². The van der Waals surface area contributed by atoms with Crippen molar-refractivity contribution in [2.45, 2.75) is 244 Å². The monoisotopic (exact) mass is 944 g/mol. The van der Waals surface area contributed by atoms with Gasteiger partial charge in [0.1, 0.15) is 12.2 Å². The van der Waals surface area contributed by atoms with E-state index >= 15 is 0 Å². The summed E-state index contributed by atoms with van der Waals surface area (Å²) < 4.78 is 46.3. The van der Waals surface area contributed by atoms with Gasteiger partial charge in [-0.2, -0.15) is 0 Å². The molecule has 1 N–H and O–H groups in total. The van der Waals surface area contributed by atoms with Gasteiger partial charge in [0.2, 0.25) is 0 Å². The molecule has 0 aromatic carbocycles. The summed E-state index contributed by atoms with van der Waals surface area (Å²) in [6, 6.07) is 0. The Morgan fingerprint density at radius 1 is 0.333 bits per heavy atom. The van der Waals surface area contributed by atoms with Gasteiger partial charge in [-0.25, -0.2) is 0 Å². The lowest BCUT2D eigenvalue weighted by molar-refractivity contribution is -0.0700. The smallest absolute Gasteiger partial charge is 0.104 e. The van der Waals surface area contributed by atoms with E-state index in [1.807, 2.05) is 0 Å². The summed E-state index contributed by atoms with van der Waals surface area (Å²) in [7, 11) is 0. The molecule has 0 amide bonds. The number of hydrogen-bond donors (Lipinski definition) is 1. The Bertz CT molecular complexity index is 933. The van der Waals surface area contributed by atoms with Gasteiger partial charge in [-0.05, 0) is 31.2 Å². The maximum Gasteiger partial charge on any atom is 0.104 e. The van der Waals surface area contributed by atoms with E-state index in [4.69, 9.17) is 43.4 Å². The summed E-state index contributed by atoms with van der Waals surface area (Å²) in [6.07, 6.45) is 44.3. The molecule has 0 spiro atoms. The zero-order valence-electron chi connectivity index (χ0n) is 43.6. The molecule has 0 aliphatic carbocycles. The third-order valence-electron chi connectivity index (χ3n) is 12.2. The second-order valence-corrected chi connectivity index (χ2v) is 18.5. The number of unbranched alkanes of at least 4 members (excludes halogenated alkanes) is 31. The van der Waals surface area contributed by atoms with Crippen LogP contribution in [0.2, 0.25) is 0 Å². The molecule has 394 valence electrons. The third kappa shape index (κ3) is 55.5. The van der Waals surface area contributed by atoms with Gasteiger partial charge in [0, 0.05) is 37.9 Å². The molecular weight excluding hydrogens is 835 g/mol. The molecule has 66 heavy (non-hydrogen) atoms. The fourth-order valence-corrected chi connectivity index (χ4v) is 7.96. The Balaban J connectivity index is 3.68. The summed E-state index contributed by atoms with van der Waals surface area (Å²) >= 11 is 0. The van der Waals surface area contributed by atoms with E-state index in [9.17, 15) is 5.11 Å². The van der Waals surface area contributed by atoms with Crippen molar-refractivity contribution in [3.8, 4) is 0 Å². The van der Waals surface area contributed by atoms with Crippen LogP contribution in [0, 0.1) is 0 Å². The summed E-state index contributed by atoms with van der Waals surface area (Å²) in [4.78, 5) is 2.70. The Kier molecular flexibility index (Phi) is 59.1. The number of hydrogen-bond acceptors (Lipinski definition) is 10. The number of rotatable bonds is 60. The molecule has 0 aromatic heterocycles. The molecule has 2 atom stereocenters. The van der Waals surface area contributed by atoms with Gasteiger partial charge < -0.3 is 43.0 Å². The largest absolute Gasteiger partial charge is 0.394 e. The van der Waals surface area contributed by atoms with Gasteiger partial charge in [0.25, 0.3) is 0 Å². The third-order valence-corrected chi connectivity index (χ3v) is 12.2. The van der Waals surface area contributed by atoms with Crippen molar-refractivity contribution in [3.63, 3.8) is 0 Å². The number of aliphatic hydroxyl groups excluding tert-OH is 1. The SMILES string of the molecule is CCCCCCCCCCOC(CO)COCCCCCCCCCCCCCCCCCCCCOCC(COCCOCCOCCOCCN=[N+]=[N-])OCCCCCCCCCC. The number of aliphatic hydroxyl groups is 1. The van der Waals surface area contributed by atoms with Crippen LogP contribution < -0.4 is 0 Å². The predicted molar refractivity (Wildman–Crippen MR) is 274 cm³/mol. The van der Waals surface area contributed by atoms with Gasteiger partial charge in [-0.1, -0.05) is 212 Å². The summed E-state index contributed by atoms with van der Waals surface area (Å²) in [5.41, 5.74) is 8.26. The van der Waals surface area contributed by atoms with E-state index in [1.54, 1.807) is 0 Å². The second-order valence-electron chi connectivity index (χ2n) is 18.5. The minimum Gasteiger partial charge on any atom is -0.394 e. The number of nitrogens with zero attached hydrogens (tertiary/aromatic N) is 3. The molecule has 0 saturated carbocycles. The van der Waals surface area contributed by atoms with Gasteiger partial charge in [0.05, 0.1) is 72.7 Å². The van der Waals surface area contributed by atoms with Crippen LogP contribution in [0.5, 0.6) is 0 Å². The molecule has 0 rings (SSSR count). The number of ether oxygens (including phenoxy) is 8. The molecular formula is C54H109N3O9. The zero-order chi connectivity index (χ0) is 47.6. The lowest BCUT2D eigenvalue weighted by Gasteiger charge is -2.18. The maximum absolute atomic E-state index is 9.61. The number of azide groups is 1. The molecule has 0 heterocycles. The van der Waals surface area contributed by atoms with Gasteiger partial charge >= 0.3 is 0 Å². The highest BCUT2D eigenvalue weighted by atomic mass is 16.6. The lowest BCUT2D eigenvalue weighted by atomic mass is 10.0. The average Bonchev–Trinajstić information content (AvgIpc) is 3.33. The molecule has 0 radical (unpaired) electrons. The molecule has 0 aliphatic rings. The van der Waals surface area contributed by atoms with E-state index < -0.39 is 0 Å². The first-order valence-electron chi connectivity index (χ1n) is 28.1. The first-order chi connectivity index (χ1) is 32.8. The van der Waals surface area contributed by atoms with E-state index in [-0.39, 0.29) is 18.8 Å². The molecule has 0 aromatic rings. The van der Waals surface area contributed by atoms with Gasteiger partial charge in [0.15, 0.2) is 0 Å². The van der Waals surface area contributed by atoms with E-state index in [2.05, 4.69) is 23.9 Å². The van der Waals surface area contributed by atoms with E-state index in [0.29, 0.717) is 72.6 Å². The quantitative estimate of drug-likeness (QED) is 0.0273. The summed E-state index contributed by atoms with van der Waals surface area (Å²) in [6.45, 7) is 13.0. The summed E-state index contributed by atoms with van der Waals surface area (Å²) in [5, 5.41) is 13.0. The van der Waals surface area contributed by atoms with Crippen LogP contribution in [-0.2, 0) is 37.9 Å². The van der Waals surface area contributed by atoms with Gasteiger partial charge in [-0.15, -0.1) is 0 Å². The molecule has 0 saturated heterocycles. The van der Waals surface area contributed by atoms with Crippen LogP contribution in [0.4, 0.5) is 0 Å². The highest BCUT2D eigenvalue weighted by molar-refractivity contribution is 4.59. The van der Waals surface area contributed by atoms with Crippen LogP contribution in [0.15, 0.2) is 5.11 Å². The molecule has 12 nitrogen and oxygen atoms in total. The van der Waals surface area contributed by atoms with E-state index in [0.717, 1.165) is 52.1 Å². The Hall–Kier alpha value is -1.05. The minimum atomic E-state index is -0.171. The first-order valence-corrected chi connectivity index (χ1v) is 28.1. The molecule has 0 aliphatic heterocycles. The average molecular weight is 944 g/mol. The van der Waals surface area contributed by atoms with Crippen molar-refractivity contribution >= 4 is 0 Å². The van der Waals surface area contributed by atoms with Crippen molar-refractivity contribution in [1.29, 1.82) is 0 Å². The predicted octanol–water partition coefficient (Wildman–Crippen LogP) is 14.5. The van der Waals surface area contributed by atoms with Crippen molar-refractivity contribution < 1.29 is 43.0 Å². The maximum atomic E-state index is 9.61. The Morgan fingerprint density at radius 2 is 0.606 bits per heavy atom. The first kappa shape index (κ1) is 65.0. The Morgan fingerprint density at radius 3 is 0.955 bits per heavy atom. The van der Waals surface area contributed by atoms with Crippen LogP contribution in [0.1, 0.15) is 232 Å². The van der Waals surface area contributed by atoms with Gasteiger partial charge in [-0.3, -0.25) is 0 Å². The highest BCUT2D eigenvalue weighted by Crippen LogP contribution is 2.15. The summed E-state index contributed by atoms with van der Waals surface area (Å²) in [5.74, 6) is 0. The van der Waals surface area contributed by atoms with E-state index in [1.165, 1.54) is 193 Å². The fraction of sp³-hybridized carbons (Fsp3) is 1.00. The highest BCUT2D eigenvalue weighted by Gasteiger charge is 2.11. The van der Waals surface area contributed by atoms with Crippen LogP contribution in [-0.4, -0.2) is 123 Å². The van der Waals surface area contributed by atoms with Crippen LogP contribution in [0.3, 0.4) is 0 Å². The Labute approximate surface area is 407 Å². The fourth-order valence-electron chi connectivity index (χ4n) is 7.96.